The molecule has 2 aliphatic heterocycles. The van der Waals surface area contributed by atoms with Crippen molar-refractivity contribution in [3.8, 4) is 0 Å². The molecule has 2 aliphatic rings. The highest BCUT2D eigenvalue weighted by Gasteiger charge is 2.28. The van der Waals surface area contributed by atoms with E-state index >= 15 is 0 Å². The largest absolute Gasteiger partial charge is 0.388 e. The van der Waals surface area contributed by atoms with Crippen molar-refractivity contribution in [2.75, 3.05) is 53.6 Å². The number of morpholine rings is 1. The van der Waals surface area contributed by atoms with Gasteiger partial charge >= 0.3 is 0 Å². The number of fused-ring (bicyclic) bond motifs is 1. The number of nitrogens with zero attached hydrogens (tertiary/aromatic N) is 4. The Bertz CT molecular complexity index is 1100. The Morgan fingerprint density at radius 3 is 2.68 bits per heavy atom. The first-order valence-corrected chi connectivity index (χ1v) is 13.1. The number of ether oxygens (including phenoxy) is 2. The van der Waals surface area contributed by atoms with Gasteiger partial charge < -0.3 is 20.1 Å². The van der Waals surface area contributed by atoms with E-state index in [1.54, 1.807) is 31.0 Å². The smallest absolute Gasteiger partial charge is 0.252 e. The van der Waals surface area contributed by atoms with Crippen molar-refractivity contribution in [1.82, 2.24) is 30.1 Å². The third-order valence-corrected chi connectivity index (χ3v) is 5.84. The van der Waals surface area contributed by atoms with Gasteiger partial charge in [-0.1, -0.05) is 44.7 Å². The van der Waals surface area contributed by atoms with Crippen molar-refractivity contribution < 1.29 is 19.1 Å². The van der Waals surface area contributed by atoms with Crippen LogP contribution in [-0.2, 0) is 14.3 Å². The third-order valence-electron chi connectivity index (χ3n) is 5.84. The molecule has 4 heterocycles. The Morgan fingerprint density at radius 1 is 1.26 bits per heavy atom. The zero-order chi connectivity index (χ0) is 27.9. The second-order valence-electron chi connectivity index (χ2n) is 8.72. The van der Waals surface area contributed by atoms with Crippen molar-refractivity contribution in [2.24, 2.45) is 0 Å². The van der Waals surface area contributed by atoms with Crippen LogP contribution in [0.3, 0.4) is 0 Å². The third kappa shape index (κ3) is 8.90. The van der Waals surface area contributed by atoms with Crippen LogP contribution in [-0.4, -0.2) is 91.0 Å². The number of amides is 2. The van der Waals surface area contributed by atoms with Gasteiger partial charge in [0.25, 0.3) is 5.91 Å². The van der Waals surface area contributed by atoms with Gasteiger partial charge in [-0.3, -0.25) is 14.5 Å². The fraction of sp³-hybridized carbons (Fsp3) is 0.500. The summed E-state index contributed by atoms with van der Waals surface area (Å²) in [6.45, 7) is 14.9. The predicted octanol–water partition coefficient (Wildman–Crippen LogP) is 2.74. The lowest BCUT2D eigenvalue weighted by molar-refractivity contribution is -0.122. The molecule has 0 bridgehead atoms. The van der Waals surface area contributed by atoms with E-state index in [-0.39, 0.29) is 17.9 Å². The molecule has 4 rings (SSSR count). The van der Waals surface area contributed by atoms with Crippen molar-refractivity contribution >= 4 is 17.3 Å². The molecule has 208 valence electrons. The van der Waals surface area contributed by atoms with Crippen LogP contribution in [0.2, 0.25) is 0 Å². The Kier molecular flexibility index (Phi) is 13.4. The van der Waals surface area contributed by atoms with E-state index in [1.165, 1.54) is 6.33 Å². The molecule has 2 amide bonds. The minimum atomic E-state index is -0.687. The van der Waals surface area contributed by atoms with E-state index in [9.17, 15) is 9.59 Å². The average Bonchev–Trinajstić information content (AvgIpc) is 3.38. The van der Waals surface area contributed by atoms with Gasteiger partial charge in [0, 0.05) is 46.1 Å². The first-order valence-electron chi connectivity index (χ1n) is 13.1. The number of aromatic nitrogens is 3. The molecular weight excluding hydrogens is 484 g/mol. The highest BCUT2D eigenvalue weighted by atomic mass is 16.5. The van der Waals surface area contributed by atoms with E-state index in [4.69, 9.17) is 4.74 Å². The molecule has 2 aromatic heterocycles. The second kappa shape index (κ2) is 16.5. The van der Waals surface area contributed by atoms with E-state index in [1.807, 2.05) is 45.1 Å². The summed E-state index contributed by atoms with van der Waals surface area (Å²) in [6.07, 6.45) is 11.4. The van der Waals surface area contributed by atoms with Crippen LogP contribution in [0.25, 0.3) is 5.52 Å². The molecule has 38 heavy (non-hydrogen) atoms. The lowest BCUT2D eigenvalue weighted by Gasteiger charge is -2.26. The van der Waals surface area contributed by atoms with Crippen molar-refractivity contribution in [3.05, 3.63) is 66.3 Å². The van der Waals surface area contributed by atoms with Crippen molar-refractivity contribution in [3.63, 3.8) is 0 Å². The van der Waals surface area contributed by atoms with Crippen LogP contribution >= 0.6 is 0 Å². The number of nitrogens with one attached hydrogen (secondary N) is 2. The first kappa shape index (κ1) is 30.9. The van der Waals surface area contributed by atoms with Gasteiger partial charge in [0.2, 0.25) is 5.91 Å². The molecule has 0 saturated carbocycles. The van der Waals surface area contributed by atoms with Crippen LogP contribution in [0.4, 0.5) is 0 Å². The summed E-state index contributed by atoms with van der Waals surface area (Å²) in [5.74, 6) is -1.06. The summed E-state index contributed by atoms with van der Waals surface area (Å²) >= 11 is 0. The van der Waals surface area contributed by atoms with E-state index in [0.29, 0.717) is 28.9 Å². The normalized spacial score (nSPS) is 21.4. The monoisotopic (exact) mass is 526 g/mol. The zero-order valence-corrected chi connectivity index (χ0v) is 23.3. The molecule has 2 atom stereocenters. The Morgan fingerprint density at radius 2 is 1.97 bits per heavy atom. The maximum atomic E-state index is 13.0. The molecule has 10 nitrogen and oxygen atoms in total. The van der Waals surface area contributed by atoms with Gasteiger partial charge in [-0.2, -0.15) is 5.10 Å². The highest BCUT2D eigenvalue weighted by molar-refractivity contribution is 5.96. The quantitative estimate of drug-likeness (QED) is 0.557. The summed E-state index contributed by atoms with van der Waals surface area (Å²) in [5, 5.41) is 10.2. The first-order chi connectivity index (χ1) is 18.4. The van der Waals surface area contributed by atoms with Crippen LogP contribution in [0.15, 0.2) is 55.0 Å². The average molecular weight is 527 g/mol. The maximum Gasteiger partial charge on any atom is 0.252 e. The van der Waals surface area contributed by atoms with Gasteiger partial charge in [0.05, 0.1) is 30.0 Å². The number of carbonyl (C=O) groups excluding carboxylic acids is 2. The predicted molar refractivity (Wildman–Crippen MR) is 149 cm³/mol. The molecular formula is C28H42N6O4. The van der Waals surface area contributed by atoms with E-state index in [2.05, 4.69) is 36.9 Å². The maximum absolute atomic E-state index is 13.0. The molecule has 10 heteroatoms. The van der Waals surface area contributed by atoms with Crippen LogP contribution in [0.1, 0.15) is 49.2 Å². The summed E-state index contributed by atoms with van der Waals surface area (Å²) in [5.41, 5.74) is 2.20. The Hall–Kier alpha value is -3.34. The van der Waals surface area contributed by atoms with Crippen LogP contribution < -0.4 is 10.6 Å². The minimum absolute atomic E-state index is 0.126. The van der Waals surface area contributed by atoms with Crippen molar-refractivity contribution in [2.45, 2.75) is 39.2 Å². The van der Waals surface area contributed by atoms with Gasteiger partial charge in [-0.05, 0) is 31.5 Å². The number of hydrogen-bond donors (Lipinski definition) is 2. The number of allylic oxidation sites excluding steroid dienone is 3. The topological polar surface area (TPSA) is 110 Å². The lowest BCUT2D eigenvalue weighted by atomic mass is 9.94. The number of hydrogen-bond acceptors (Lipinski definition) is 7. The molecule has 0 aromatic carbocycles. The number of carbonyl (C=O) groups is 2. The van der Waals surface area contributed by atoms with Crippen LogP contribution in [0, 0.1) is 0 Å². The van der Waals surface area contributed by atoms with Crippen molar-refractivity contribution in [1.29, 1.82) is 0 Å². The van der Waals surface area contributed by atoms with Gasteiger partial charge in [-0.25, -0.2) is 9.50 Å². The number of rotatable bonds is 6. The van der Waals surface area contributed by atoms with Crippen LogP contribution in [0.5, 0.6) is 0 Å². The van der Waals surface area contributed by atoms with Gasteiger partial charge in [0.15, 0.2) is 0 Å². The summed E-state index contributed by atoms with van der Waals surface area (Å²) in [7, 11) is 3.25. The molecule has 0 spiro atoms. The molecule has 0 radical (unpaired) electrons. The zero-order valence-electron chi connectivity index (χ0n) is 23.3. The molecule has 2 unspecified atom stereocenters. The summed E-state index contributed by atoms with van der Waals surface area (Å²) < 4.78 is 11.2. The molecule has 2 N–H and O–H groups in total. The molecule has 2 aromatic rings. The highest BCUT2D eigenvalue weighted by Crippen LogP contribution is 2.28. The Labute approximate surface area is 225 Å². The van der Waals surface area contributed by atoms with Gasteiger partial charge in [-0.15, -0.1) is 0 Å². The lowest BCUT2D eigenvalue weighted by Crippen LogP contribution is -2.38. The fourth-order valence-corrected chi connectivity index (χ4v) is 4.06. The minimum Gasteiger partial charge on any atom is -0.388 e. The summed E-state index contributed by atoms with van der Waals surface area (Å²) in [4.78, 5) is 32.5. The molecule has 1 fully saturated rings. The second-order valence-corrected chi connectivity index (χ2v) is 8.72. The van der Waals surface area contributed by atoms with E-state index in [0.717, 1.165) is 39.3 Å². The van der Waals surface area contributed by atoms with E-state index < -0.39 is 5.92 Å². The fourth-order valence-electron chi connectivity index (χ4n) is 4.06. The standard InChI is InChI=1S/C24H30N6O3.C2H6O.C2H6/c1-17-6-3-4-7-18(2)28-24(32)21(17)22-20-14-19(15-30(20)27-16-26-22)23(31)25-8-5-9-29-10-12-33-13-11-29;1-3-2;1-2/h3-4,6-7,14-16,18,21H,1,5,8-13H2,2H3,(H,25,31)(H,28,32);1-2H3;1-2H3/b6-3-,7-4-;;. The molecule has 0 aliphatic carbocycles. The SMILES string of the molecule is C=C1/C=C\C=C/C(C)NC(=O)C1c1ncnn2cc(C(=O)NCCCN3CCOCC3)cc12.CC.COC. The molecule has 1 saturated heterocycles. The van der Waals surface area contributed by atoms with Gasteiger partial charge in [0.1, 0.15) is 12.2 Å². The summed E-state index contributed by atoms with van der Waals surface area (Å²) in [6, 6.07) is 1.60. The number of methoxy groups -OCH3 is 1. The Balaban J connectivity index is 0.000000947.